The molecule has 1 aromatic rings. The summed E-state index contributed by atoms with van der Waals surface area (Å²) < 4.78 is 5.63. The zero-order chi connectivity index (χ0) is 13.7. The second-order valence-corrected chi connectivity index (χ2v) is 5.04. The van der Waals surface area contributed by atoms with Gasteiger partial charge in [-0.25, -0.2) is 0 Å². The Kier molecular flexibility index (Phi) is 5.05. The van der Waals surface area contributed by atoms with Crippen LogP contribution in [0, 0.1) is 0 Å². The van der Waals surface area contributed by atoms with Crippen LogP contribution in [0.1, 0.15) is 18.4 Å². The van der Waals surface area contributed by atoms with Gasteiger partial charge < -0.3 is 15.0 Å². The molecule has 1 amide bonds. The summed E-state index contributed by atoms with van der Waals surface area (Å²) in [4.78, 5) is 13.8. The fraction of sp³-hybridized carbons (Fsp3) is 0.500. The lowest BCUT2D eigenvalue weighted by Gasteiger charge is -2.17. The Morgan fingerprint density at radius 3 is 2.84 bits per heavy atom. The van der Waals surface area contributed by atoms with E-state index in [0.29, 0.717) is 17.3 Å². The molecule has 1 aromatic carbocycles. The molecule has 5 heteroatoms. The van der Waals surface area contributed by atoms with Crippen LogP contribution in [0.5, 0.6) is 5.75 Å². The summed E-state index contributed by atoms with van der Waals surface area (Å²) in [6.45, 7) is 2.40. The summed E-state index contributed by atoms with van der Waals surface area (Å²) in [5.41, 5.74) is 0.962. The number of nitrogens with zero attached hydrogens (tertiary/aromatic N) is 1. The van der Waals surface area contributed by atoms with E-state index in [-0.39, 0.29) is 12.5 Å². The van der Waals surface area contributed by atoms with Crippen LogP contribution in [-0.2, 0) is 11.3 Å². The van der Waals surface area contributed by atoms with Gasteiger partial charge in [0.1, 0.15) is 5.75 Å². The van der Waals surface area contributed by atoms with Crippen molar-refractivity contribution in [3.05, 3.63) is 28.8 Å². The number of halogens is 1. The zero-order valence-corrected chi connectivity index (χ0v) is 11.9. The molecule has 1 N–H and O–H groups in total. The minimum Gasteiger partial charge on any atom is -0.482 e. The van der Waals surface area contributed by atoms with Gasteiger partial charge in [-0.1, -0.05) is 23.7 Å². The summed E-state index contributed by atoms with van der Waals surface area (Å²) in [5, 5.41) is 3.60. The van der Waals surface area contributed by atoms with Gasteiger partial charge in [0.05, 0.1) is 5.02 Å². The van der Waals surface area contributed by atoms with Gasteiger partial charge in [0.25, 0.3) is 5.91 Å². The molecule has 0 spiro atoms. The lowest BCUT2D eigenvalue weighted by Crippen LogP contribution is -2.32. The van der Waals surface area contributed by atoms with Crippen molar-refractivity contribution < 1.29 is 9.53 Å². The number of rotatable bonds is 5. The van der Waals surface area contributed by atoms with Gasteiger partial charge in [0.2, 0.25) is 0 Å². The highest BCUT2D eigenvalue weighted by molar-refractivity contribution is 6.32. The Labute approximate surface area is 118 Å². The van der Waals surface area contributed by atoms with Crippen LogP contribution in [0.25, 0.3) is 0 Å². The third-order valence-corrected chi connectivity index (χ3v) is 3.51. The minimum absolute atomic E-state index is 0.0350. The molecule has 1 heterocycles. The zero-order valence-electron chi connectivity index (χ0n) is 11.1. The topological polar surface area (TPSA) is 41.6 Å². The third kappa shape index (κ3) is 3.61. The number of para-hydroxylation sites is 1. The fourth-order valence-electron chi connectivity index (χ4n) is 2.24. The smallest absolute Gasteiger partial charge is 0.260 e. The quantitative estimate of drug-likeness (QED) is 0.899. The highest BCUT2D eigenvalue weighted by atomic mass is 35.5. The first-order chi connectivity index (χ1) is 9.22. The maximum Gasteiger partial charge on any atom is 0.260 e. The molecular formula is C14H19ClN2O2. The van der Waals surface area contributed by atoms with Gasteiger partial charge >= 0.3 is 0 Å². The predicted molar refractivity (Wildman–Crippen MR) is 75.5 cm³/mol. The highest BCUT2D eigenvalue weighted by Gasteiger charge is 2.19. The molecule has 19 heavy (non-hydrogen) atoms. The van der Waals surface area contributed by atoms with Crippen molar-refractivity contribution in [2.45, 2.75) is 19.4 Å². The SMILES string of the molecule is CNCc1cccc(Cl)c1OCC(=O)N1CCCC1. The average molecular weight is 283 g/mol. The molecule has 104 valence electrons. The number of hydrogen-bond acceptors (Lipinski definition) is 3. The second-order valence-electron chi connectivity index (χ2n) is 4.63. The summed E-state index contributed by atoms with van der Waals surface area (Å²) in [5.74, 6) is 0.638. The van der Waals surface area contributed by atoms with Gasteiger partial charge in [-0.05, 0) is 26.0 Å². The molecule has 0 aliphatic carbocycles. The van der Waals surface area contributed by atoms with Gasteiger partial charge in [0, 0.05) is 25.2 Å². The number of nitrogens with one attached hydrogen (secondary N) is 1. The summed E-state index contributed by atoms with van der Waals surface area (Å²) in [6, 6.07) is 5.60. The van der Waals surface area contributed by atoms with Crippen LogP contribution in [0.3, 0.4) is 0 Å². The van der Waals surface area contributed by atoms with Crippen molar-refractivity contribution >= 4 is 17.5 Å². The largest absolute Gasteiger partial charge is 0.482 e. The molecule has 0 saturated carbocycles. The van der Waals surface area contributed by atoms with Gasteiger partial charge in [-0.15, -0.1) is 0 Å². The van der Waals surface area contributed by atoms with Crippen LogP contribution >= 0.6 is 11.6 Å². The standard InChI is InChI=1S/C14H19ClN2O2/c1-16-9-11-5-4-6-12(15)14(11)19-10-13(18)17-7-2-3-8-17/h4-6,16H,2-3,7-10H2,1H3. The predicted octanol–water partition coefficient (Wildman–Crippen LogP) is 2.06. The first kappa shape index (κ1) is 14.2. The molecule has 0 aromatic heterocycles. The average Bonchev–Trinajstić information content (AvgIpc) is 2.92. The van der Waals surface area contributed by atoms with E-state index in [2.05, 4.69) is 5.32 Å². The lowest BCUT2D eigenvalue weighted by molar-refractivity contribution is -0.132. The Hall–Kier alpha value is -1.26. The maximum absolute atomic E-state index is 11.9. The second kappa shape index (κ2) is 6.78. The monoisotopic (exact) mass is 282 g/mol. The number of carbonyl (C=O) groups excluding carboxylic acids is 1. The van der Waals surface area contributed by atoms with E-state index in [0.717, 1.165) is 31.5 Å². The molecule has 0 atom stereocenters. The fourth-order valence-corrected chi connectivity index (χ4v) is 2.49. The van der Waals surface area contributed by atoms with Crippen molar-refractivity contribution in [3.63, 3.8) is 0 Å². The van der Waals surface area contributed by atoms with E-state index >= 15 is 0 Å². The molecule has 1 saturated heterocycles. The minimum atomic E-state index is 0.0350. The van der Waals surface area contributed by atoms with Gasteiger partial charge in [-0.3, -0.25) is 4.79 Å². The molecule has 2 rings (SSSR count). The van der Waals surface area contributed by atoms with Crippen molar-refractivity contribution in [1.29, 1.82) is 0 Å². The highest BCUT2D eigenvalue weighted by Crippen LogP contribution is 2.28. The molecular weight excluding hydrogens is 264 g/mol. The molecule has 4 nitrogen and oxygen atoms in total. The van der Waals surface area contributed by atoms with Crippen molar-refractivity contribution in [2.75, 3.05) is 26.7 Å². The van der Waals surface area contributed by atoms with E-state index in [9.17, 15) is 4.79 Å². The molecule has 1 fully saturated rings. The Bertz CT molecular complexity index is 445. The number of hydrogen-bond donors (Lipinski definition) is 1. The van der Waals surface area contributed by atoms with Crippen LogP contribution in [0.2, 0.25) is 5.02 Å². The summed E-state index contributed by atoms with van der Waals surface area (Å²) >= 11 is 6.13. The number of carbonyl (C=O) groups is 1. The van der Waals surface area contributed by atoms with Crippen molar-refractivity contribution in [2.24, 2.45) is 0 Å². The normalized spacial score (nSPS) is 14.7. The Morgan fingerprint density at radius 2 is 2.16 bits per heavy atom. The van der Waals surface area contributed by atoms with E-state index in [1.807, 2.05) is 24.1 Å². The third-order valence-electron chi connectivity index (χ3n) is 3.21. The first-order valence-corrected chi connectivity index (χ1v) is 6.92. The van der Waals surface area contributed by atoms with E-state index < -0.39 is 0 Å². The Balaban J connectivity index is 1.99. The van der Waals surface area contributed by atoms with Crippen LogP contribution in [0.4, 0.5) is 0 Å². The number of benzene rings is 1. The number of ether oxygens (including phenoxy) is 1. The number of amides is 1. The van der Waals surface area contributed by atoms with Crippen LogP contribution in [-0.4, -0.2) is 37.6 Å². The van der Waals surface area contributed by atoms with Gasteiger partial charge in [0.15, 0.2) is 6.61 Å². The van der Waals surface area contributed by atoms with E-state index in [1.54, 1.807) is 6.07 Å². The maximum atomic E-state index is 11.9. The number of likely N-dealkylation sites (tertiary alicyclic amines) is 1. The van der Waals surface area contributed by atoms with Crippen LogP contribution in [0.15, 0.2) is 18.2 Å². The van der Waals surface area contributed by atoms with Crippen molar-refractivity contribution in [3.8, 4) is 5.75 Å². The lowest BCUT2D eigenvalue weighted by atomic mass is 10.2. The van der Waals surface area contributed by atoms with Crippen LogP contribution < -0.4 is 10.1 Å². The first-order valence-electron chi connectivity index (χ1n) is 6.55. The molecule has 0 unspecified atom stereocenters. The Morgan fingerprint density at radius 1 is 1.42 bits per heavy atom. The van der Waals surface area contributed by atoms with E-state index in [4.69, 9.17) is 16.3 Å². The van der Waals surface area contributed by atoms with Crippen molar-refractivity contribution in [1.82, 2.24) is 10.2 Å². The van der Waals surface area contributed by atoms with E-state index in [1.165, 1.54) is 0 Å². The molecule has 0 radical (unpaired) electrons. The molecule has 1 aliphatic heterocycles. The van der Waals surface area contributed by atoms with Gasteiger partial charge in [-0.2, -0.15) is 0 Å². The molecule has 0 bridgehead atoms. The molecule has 1 aliphatic rings. The summed E-state index contributed by atoms with van der Waals surface area (Å²) in [6.07, 6.45) is 2.17. The summed E-state index contributed by atoms with van der Waals surface area (Å²) in [7, 11) is 1.86.